The van der Waals surface area contributed by atoms with Gasteiger partial charge in [-0.15, -0.1) is 0 Å². The molecule has 6 heteroatoms. The second-order valence-electron chi connectivity index (χ2n) is 9.80. The van der Waals surface area contributed by atoms with E-state index in [1.807, 2.05) is 6.92 Å². The van der Waals surface area contributed by atoms with Crippen molar-refractivity contribution in [2.24, 2.45) is 0 Å². The van der Waals surface area contributed by atoms with Crippen LogP contribution in [0.1, 0.15) is 61.8 Å². The van der Waals surface area contributed by atoms with Crippen molar-refractivity contribution in [2.45, 2.75) is 76.8 Å². The summed E-state index contributed by atoms with van der Waals surface area (Å²) >= 11 is 0. The minimum absolute atomic E-state index is 0.0166. The molecule has 1 amide bonds. The van der Waals surface area contributed by atoms with Gasteiger partial charge < -0.3 is 10.2 Å². The van der Waals surface area contributed by atoms with Crippen LogP contribution in [0.25, 0.3) is 0 Å². The first-order valence-corrected chi connectivity index (χ1v) is 12.1. The standard InChI is InChI=1S/C26H36N4O2/c1-20-6-9-22(10-7-20)26(14-4-3-5-15-26)19-29-16-12-23(13-17-29)27-24(31)18-30-25(32)11-8-21(2)28-30/h6-11,23H,3-5,12-19H2,1-2H3,(H,27,31). The first kappa shape index (κ1) is 22.7. The first-order valence-electron chi connectivity index (χ1n) is 12.1. The third kappa shape index (κ3) is 5.47. The molecule has 2 aromatic rings. The molecule has 2 aliphatic rings. The summed E-state index contributed by atoms with van der Waals surface area (Å²) in [4.78, 5) is 27.0. The van der Waals surface area contributed by atoms with Gasteiger partial charge in [-0.1, -0.05) is 49.1 Å². The molecule has 1 saturated carbocycles. The quantitative estimate of drug-likeness (QED) is 0.754. The number of benzene rings is 1. The molecule has 32 heavy (non-hydrogen) atoms. The Kier molecular flexibility index (Phi) is 7.09. The van der Waals surface area contributed by atoms with Crippen molar-refractivity contribution in [1.29, 1.82) is 0 Å². The van der Waals surface area contributed by atoms with Gasteiger partial charge in [-0.3, -0.25) is 9.59 Å². The summed E-state index contributed by atoms with van der Waals surface area (Å²) in [5, 5.41) is 7.28. The fourth-order valence-electron chi connectivity index (χ4n) is 5.41. The SMILES string of the molecule is Cc1ccc(C2(CN3CCC(NC(=O)Cn4nc(C)ccc4=O)CC3)CCCCC2)cc1. The molecule has 0 unspecified atom stereocenters. The number of hydrogen-bond acceptors (Lipinski definition) is 4. The van der Waals surface area contributed by atoms with Gasteiger partial charge in [0.05, 0.1) is 5.69 Å². The summed E-state index contributed by atoms with van der Waals surface area (Å²) in [6.07, 6.45) is 8.41. The average molecular weight is 437 g/mol. The average Bonchev–Trinajstić information content (AvgIpc) is 2.79. The Hall–Kier alpha value is -2.47. The van der Waals surface area contributed by atoms with Crippen LogP contribution in [0.5, 0.6) is 0 Å². The number of hydrogen-bond donors (Lipinski definition) is 1. The molecule has 1 aromatic heterocycles. The molecule has 2 heterocycles. The molecule has 0 bridgehead atoms. The van der Waals surface area contributed by atoms with Gasteiger partial charge in [0.2, 0.25) is 5.91 Å². The van der Waals surface area contributed by atoms with Crippen molar-refractivity contribution < 1.29 is 4.79 Å². The van der Waals surface area contributed by atoms with Gasteiger partial charge in [0.25, 0.3) is 5.56 Å². The van der Waals surface area contributed by atoms with Crippen LogP contribution in [0.15, 0.2) is 41.2 Å². The van der Waals surface area contributed by atoms with E-state index in [1.54, 1.807) is 6.07 Å². The molecular formula is C26H36N4O2. The van der Waals surface area contributed by atoms with E-state index in [9.17, 15) is 9.59 Å². The highest BCUT2D eigenvalue weighted by atomic mass is 16.2. The number of carbonyl (C=O) groups excluding carboxylic acids is 1. The summed E-state index contributed by atoms with van der Waals surface area (Å²) in [5.74, 6) is -0.132. The minimum atomic E-state index is -0.241. The second-order valence-corrected chi connectivity index (χ2v) is 9.80. The maximum atomic E-state index is 12.5. The van der Waals surface area contributed by atoms with E-state index < -0.39 is 0 Å². The molecule has 1 aliphatic heterocycles. The van der Waals surface area contributed by atoms with Crippen LogP contribution in [0.4, 0.5) is 0 Å². The highest BCUT2D eigenvalue weighted by Gasteiger charge is 2.36. The van der Waals surface area contributed by atoms with E-state index in [0.717, 1.165) is 38.2 Å². The zero-order valence-electron chi connectivity index (χ0n) is 19.5. The van der Waals surface area contributed by atoms with Gasteiger partial charge in [-0.25, -0.2) is 4.68 Å². The first-order chi connectivity index (χ1) is 15.4. The highest BCUT2D eigenvalue weighted by Crippen LogP contribution is 2.40. The lowest BCUT2D eigenvalue weighted by Gasteiger charge is -2.44. The lowest BCUT2D eigenvalue weighted by molar-refractivity contribution is -0.123. The Bertz CT molecular complexity index is 968. The Morgan fingerprint density at radius 1 is 1.03 bits per heavy atom. The van der Waals surface area contributed by atoms with Crippen LogP contribution in [-0.4, -0.2) is 46.3 Å². The van der Waals surface area contributed by atoms with Crippen LogP contribution in [0.3, 0.4) is 0 Å². The predicted molar refractivity (Wildman–Crippen MR) is 127 cm³/mol. The third-order valence-electron chi connectivity index (χ3n) is 7.25. The number of piperidine rings is 1. The van der Waals surface area contributed by atoms with Crippen molar-refractivity contribution >= 4 is 5.91 Å². The van der Waals surface area contributed by atoms with Crippen molar-refractivity contribution in [2.75, 3.05) is 19.6 Å². The van der Waals surface area contributed by atoms with Gasteiger partial charge in [0, 0.05) is 37.2 Å². The monoisotopic (exact) mass is 436 g/mol. The fraction of sp³-hybridized carbons (Fsp3) is 0.577. The smallest absolute Gasteiger partial charge is 0.267 e. The Morgan fingerprint density at radius 2 is 1.72 bits per heavy atom. The molecule has 1 N–H and O–H groups in total. The van der Waals surface area contributed by atoms with Crippen LogP contribution in [0.2, 0.25) is 0 Å². The molecule has 1 aromatic carbocycles. The van der Waals surface area contributed by atoms with E-state index in [0.29, 0.717) is 0 Å². The van der Waals surface area contributed by atoms with Crippen molar-refractivity contribution in [3.8, 4) is 0 Å². The van der Waals surface area contributed by atoms with E-state index in [-0.39, 0.29) is 29.5 Å². The number of nitrogens with zero attached hydrogens (tertiary/aromatic N) is 3. The highest BCUT2D eigenvalue weighted by molar-refractivity contribution is 5.75. The van der Waals surface area contributed by atoms with Crippen molar-refractivity contribution in [1.82, 2.24) is 20.0 Å². The summed E-state index contributed by atoms with van der Waals surface area (Å²) < 4.78 is 1.24. The maximum absolute atomic E-state index is 12.5. The second kappa shape index (κ2) is 9.99. The zero-order valence-corrected chi connectivity index (χ0v) is 19.5. The molecule has 172 valence electrons. The van der Waals surface area contributed by atoms with Crippen LogP contribution in [-0.2, 0) is 16.8 Å². The van der Waals surface area contributed by atoms with Gasteiger partial charge in [-0.2, -0.15) is 5.10 Å². The van der Waals surface area contributed by atoms with Crippen LogP contribution in [0, 0.1) is 13.8 Å². The molecule has 6 nitrogen and oxygen atoms in total. The van der Waals surface area contributed by atoms with Crippen molar-refractivity contribution in [3.63, 3.8) is 0 Å². The summed E-state index contributed by atoms with van der Waals surface area (Å²) in [7, 11) is 0. The Balaban J connectivity index is 1.32. The summed E-state index contributed by atoms with van der Waals surface area (Å²) in [6, 6.07) is 12.5. The number of carbonyl (C=O) groups is 1. The number of likely N-dealkylation sites (tertiary alicyclic amines) is 1. The molecule has 1 saturated heterocycles. The fourth-order valence-corrected chi connectivity index (χ4v) is 5.41. The molecule has 1 aliphatic carbocycles. The van der Waals surface area contributed by atoms with E-state index >= 15 is 0 Å². The number of rotatable bonds is 6. The molecule has 0 radical (unpaired) electrons. The Morgan fingerprint density at radius 3 is 2.41 bits per heavy atom. The number of aryl methyl sites for hydroxylation is 2. The largest absolute Gasteiger partial charge is 0.352 e. The van der Waals surface area contributed by atoms with E-state index in [4.69, 9.17) is 0 Å². The van der Waals surface area contributed by atoms with Gasteiger partial charge >= 0.3 is 0 Å². The lowest BCUT2D eigenvalue weighted by atomic mass is 9.69. The lowest BCUT2D eigenvalue weighted by Crippen LogP contribution is -2.50. The van der Waals surface area contributed by atoms with E-state index in [1.165, 1.54) is 54.0 Å². The van der Waals surface area contributed by atoms with Crippen LogP contribution >= 0.6 is 0 Å². The Labute approximate surface area is 191 Å². The van der Waals surface area contributed by atoms with Crippen LogP contribution < -0.4 is 10.9 Å². The molecule has 0 spiro atoms. The maximum Gasteiger partial charge on any atom is 0.267 e. The zero-order chi connectivity index (χ0) is 22.6. The van der Waals surface area contributed by atoms with Crippen molar-refractivity contribution in [3.05, 3.63) is 63.6 Å². The van der Waals surface area contributed by atoms with Gasteiger partial charge in [-0.05, 0) is 51.2 Å². The van der Waals surface area contributed by atoms with E-state index in [2.05, 4.69) is 46.5 Å². The normalized spacial score (nSPS) is 19.6. The summed E-state index contributed by atoms with van der Waals surface area (Å²) in [6.45, 7) is 7.07. The van der Waals surface area contributed by atoms with Gasteiger partial charge in [0.1, 0.15) is 6.54 Å². The molecule has 0 atom stereocenters. The molecule has 2 fully saturated rings. The predicted octanol–water partition coefficient (Wildman–Crippen LogP) is 3.34. The number of nitrogens with one attached hydrogen (secondary N) is 1. The number of amides is 1. The van der Waals surface area contributed by atoms with Gasteiger partial charge in [0.15, 0.2) is 0 Å². The molecular weight excluding hydrogens is 400 g/mol. The topological polar surface area (TPSA) is 67.2 Å². The minimum Gasteiger partial charge on any atom is -0.352 e. The third-order valence-corrected chi connectivity index (χ3v) is 7.25. The number of aromatic nitrogens is 2. The summed E-state index contributed by atoms with van der Waals surface area (Å²) in [5.41, 5.74) is 3.57. The molecule has 4 rings (SSSR count).